The number of nitriles is 1. The summed E-state index contributed by atoms with van der Waals surface area (Å²) in [5.74, 6) is -0.412. The van der Waals surface area contributed by atoms with Crippen LogP contribution in [0.4, 0.5) is 0 Å². The third-order valence-electron chi connectivity index (χ3n) is 2.18. The molecular weight excluding hydrogens is 232 g/mol. The van der Waals surface area contributed by atoms with Gasteiger partial charge in [-0.15, -0.1) is 5.10 Å². The van der Waals surface area contributed by atoms with Crippen LogP contribution in [0.25, 0.3) is 0 Å². The number of hydrogen-bond donors (Lipinski definition) is 0. The molecule has 90 valence electrons. The van der Waals surface area contributed by atoms with Crippen LogP contribution in [0, 0.1) is 11.3 Å². The van der Waals surface area contributed by atoms with Crippen molar-refractivity contribution < 1.29 is 9.53 Å². The number of hydrogen-bond acceptors (Lipinski definition) is 5. The Morgan fingerprint density at radius 2 is 2.17 bits per heavy atom. The second kappa shape index (κ2) is 5.59. The Bertz CT molecular complexity index is 571. The van der Waals surface area contributed by atoms with Gasteiger partial charge in [0.1, 0.15) is 18.8 Å². The summed E-state index contributed by atoms with van der Waals surface area (Å²) in [4.78, 5) is 11.6. The Morgan fingerprint density at radius 3 is 2.89 bits per heavy atom. The summed E-state index contributed by atoms with van der Waals surface area (Å²) in [6.45, 7) is 0.165. The zero-order valence-electron chi connectivity index (χ0n) is 9.48. The van der Waals surface area contributed by atoms with Crippen molar-refractivity contribution in [3.8, 4) is 6.07 Å². The van der Waals surface area contributed by atoms with E-state index in [0.717, 1.165) is 0 Å². The number of rotatable bonds is 4. The summed E-state index contributed by atoms with van der Waals surface area (Å²) in [6.07, 6.45) is 1.57. The van der Waals surface area contributed by atoms with Gasteiger partial charge in [-0.2, -0.15) is 5.26 Å². The van der Waals surface area contributed by atoms with Crippen molar-refractivity contribution in [1.29, 1.82) is 5.26 Å². The molecule has 0 fully saturated rings. The first-order valence-corrected chi connectivity index (χ1v) is 5.28. The first-order chi connectivity index (χ1) is 8.79. The fourth-order valence-corrected chi connectivity index (χ4v) is 1.35. The molecule has 1 aromatic carbocycles. The fraction of sp³-hybridized carbons (Fsp3) is 0.167. The topological polar surface area (TPSA) is 80.8 Å². The molecule has 0 amide bonds. The van der Waals surface area contributed by atoms with E-state index in [1.54, 1.807) is 30.5 Å². The van der Waals surface area contributed by atoms with Crippen LogP contribution in [0.2, 0.25) is 0 Å². The van der Waals surface area contributed by atoms with E-state index in [1.165, 1.54) is 4.68 Å². The van der Waals surface area contributed by atoms with Gasteiger partial charge in [0.25, 0.3) is 0 Å². The molecule has 0 spiro atoms. The SMILES string of the molecule is N#CCn1cc(COC(=O)c2ccccc2)nn1. The van der Waals surface area contributed by atoms with Gasteiger partial charge in [0, 0.05) is 0 Å². The molecule has 0 aliphatic carbocycles. The molecule has 0 aliphatic rings. The average Bonchev–Trinajstić information content (AvgIpc) is 2.85. The Labute approximate surface area is 103 Å². The van der Waals surface area contributed by atoms with E-state index in [1.807, 2.05) is 12.1 Å². The molecule has 0 saturated heterocycles. The first kappa shape index (κ1) is 11.8. The maximum absolute atomic E-state index is 11.6. The van der Waals surface area contributed by atoms with Gasteiger partial charge >= 0.3 is 5.97 Å². The lowest BCUT2D eigenvalue weighted by Crippen LogP contribution is -2.05. The van der Waals surface area contributed by atoms with Crippen LogP contribution in [-0.4, -0.2) is 21.0 Å². The van der Waals surface area contributed by atoms with Crippen LogP contribution in [0.15, 0.2) is 36.5 Å². The van der Waals surface area contributed by atoms with Crippen molar-refractivity contribution in [3.63, 3.8) is 0 Å². The zero-order chi connectivity index (χ0) is 12.8. The molecule has 6 nitrogen and oxygen atoms in total. The van der Waals surface area contributed by atoms with Gasteiger partial charge in [-0.05, 0) is 12.1 Å². The summed E-state index contributed by atoms with van der Waals surface area (Å²) >= 11 is 0. The second-order valence-electron chi connectivity index (χ2n) is 3.51. The third kappa shape index (κ3) is 2.92. The van der Waals surface area contributed by atoms with Crippen LogP contribution in [0.5, 0.6) is 0 Å². The fourth-order valence-electron chi connectivity index (χ4n) is 1.35. The highest BCUT2D eigenvalue weighted by atomic mass is 16.5. The normalized spacial score (nSPS) is 9.72. The molecule has 0 atom stereocenters. The van der Waals surface area contributed by atoms with E-state index in [2.05, 4.69) is 10.3 Å². The van der Waals surface area contributed by atoms with Crippen molar-refractivity contribution in [1.82, 2.24) is 15.0 Å². The van der Waals surface area contributed by atoms with E-state index < -0.39 is 5.97 Å². The minimum absolute atomic E-state index is 0.0408. The Balaban J connectivity index is 1.91. The predicted molar refractivity (Wildman–Crippen MR) is 61.2 cm³/mol. The van der Waals surface area contributed by atoms with E-state index in [4.69, 9.17) is 10.00 Å². The molecule has 1 aromatic heterocycles. The van der Waals surface area contributed by atoms with Gasteiger partial charge in [0.2, 0.25) is 0 Å². The van der Waals surface area contributed by atoms with Gasteiger partial charge < -0.3 is 4.74 Å². The van der Waals surface area contributed by atoms with Crippen molar-refractivity contribution in [2.75, 3.05) is 0 Å². The number of ether oxygens (including phenoxy) is 1. The van der Waals surface area contributed by atoms with Gasteiger partial charge in [-0.25, -0.2) is 9.48 Å². The zero-order valence-corrected chi connectivity index (χ0v) is 9.48. The highest BCUT2D eigenvalue weighted by Gasteiger charge is 2.08. The average molecular weight is 242 g/mol. The molecule has 6 heteroatoms. The smallest absolute Gasteiger partial charge is 0.338 e. The molecular formula is C12H10N4O2. The largest absolute Gasteiger partial charge is 0.455 e. The maximum atomic E-state index is 11.6. The molecule has 0 bridgehead atoms. The predicted octanol–water partition coefficient (Wildman–Crippen LogP) is 1.16. The van der Waals surface area contributed by atoms with Crippen LogP contribution < -0.4 is 0 Å². The summed E-state index contributed by atoms with van der Waals surface area (Å²) in [5.41, 5.74) is 0.997. The maximum Gasteiger partial charge on any atom is 0.338 e. The van der Waals surface area contributed by atoms with E-state index in [0.29, 0.717) is 11.3 Å². The number of benzene rings is 1. The van der Waals surface area contributed by atoms with Gasteiger partial charge in [0.05, 0.1) is 17.8 Å². The monoisotopic (exact) mass is 242 g/mol. The van der Waals surface area contributed by atoms with Gasteiger partial charge in [0.15, 0.2) is 0 Å². The minimum Gasteiger partial charge on any atom is -0.455 e. The Morgan fingerprint density at radius 1 is 1.39 bits per heavy atom. The summed E-state index contributed by atoms with van der Waals surface area (Å²) in [6, 6.07) is 10.6. The molecule has 2 aromatic rings. The molecule has 0 N–H and O–H groups in total. The number of carbonyl (C=O) groups is 1. The molecule has 0 saturated carbocycles. The highest BCUT2D eigenvalue weighted by Crippen LogP contribution is 2.03. The van der Waals surface area contributed by atoms with Crippen LogP contribution in [0.1, 0.15) is 16.1 Å². The second-order valence-corrected chi connectivity index (χ2v) is 3.51. The molecule has 0 unspecified atom stereocenters. The van der Waals surface area contributed by atoms with Crippen molar-refractivity contribution in [2.24, 2.45) is 0 Å². The highest BCUT2D eigenvalue weighted by molar-refractivity contribution is 5.89. The standard InChI is InChI=1S/C12H10N4O2/c13-6-7-16-8-11(14-15-16)9-18-12(17)10-4-2-1-3-5-10/h1-5,8H,7,9H2. The number of nitrogens with zero attached hydrogens (tertiary/aromatic N) is 4. The van der Waals surface area contributed by atoms with Gasteiger partial charge in [-0.3, -0.25) is 0 Å². The number of aromatic nitrogens is 3. The first-order valence-electron chi connectivity index (χ1n) is 5.28. The van der Waals surface area contributed by atoms with Gasteiger partial charge in [-0.1, -0.05) is 23.4 Å². The lowest BCUT2D eigenvalue weighted by Gasteiger charge is -2.01. The molecule has 18 heavy (non-hydrogen) atoms. The third-order valence-corrected chi connectivity index (χ3v) is 2.18. The van der Waals surface area contributed by atoms with E-state index in [-0.39, 0.29) is 13.2 Å². The number of esters is 1. The summed E-state index contributed by atoms with van der Waals surface area (Å²) < 4.78 is 6.45. The van der Waals surface area contributed by atoms with Crippen LogP contribution in [0.3, 0.4) is 0 Å². The Hall–Kier alpha value is -2.68. The quantitative estimate of drug-likeness (QED) is 0.751. The van der Waals surface area contributed by atoms with E-state index >= 15 is 0 Å². The molecule has 0 aliphatic heterocycles. The lowest BCUT2D eigenvalue weighted by molar-refractivity contribution is 0.0467. The molecule has 1 heterocycles. The molecule has 2 rings (SSSR count). The van der Waals surface area contributed by atoms with Crippen molar-refractivity contribution in [2.45, 2.75) is 13.2 Å². The van der Waals surface area contributed by atoms with Crippen molar-refractivity contribution >= 4 is 5.97 Å². The van der Waals surface area contributed by atoms with Crippen LogP contribution >= 0.6 is 0 Å². The van der Waals surface area contributed by atoms with Crippen molar-refractivity contribution in [3.05, 3.63) is 47.8 Å². The van der Waals surface area contributed by atoms with E-state index in [9.17, 15) is 4.79 Å². The Kier molecular flexibility index (Phi) is 3.66. The molecule has 0 radical (unpaired) electrons. The van der Waals surface area contributed by atoms with Crippen LogP contribution in [-0.2, 0) is 17.9 Å². The lowest BCUT2D eigenvalue weighted by atomic mass is 10.2. The minimum atomic E-state index is -0.412. The summed E-state index contributed by atoms with van der Waals surface area (Å²) in [7, 11) is 0. The summed E-state index contributed by atoms with van der Waals surface area (Å²) in [5, 5.41) is 16.0. The number of carbonyl (C=O) groups excluding carboxylic acids is 1.